The number of nitrogens with one attached hydrogen (secondary N) is 2. The third kappa shape index (κ3) is 5.49. The molecule has 0 aromatic heterocycles. The topological polar surface area (TPSA) is 53.6 Å². The second-order valence-electron chi connectivity index (χ2n) is 8.92. The minimum atomic E-state index is -0.843. The van der Waals surface area contributed by atoms with Gasteiger partial charge >= 0.3 is 0 Å². The summed E-state index contributed by atoms with van der Waals surface area (Å²) in [6.07, 6.45) is 0.845. The fourth-order valence-electron chi connectivity index (χ4n) is 4.45. The maximum absolute atomic E-state index is 14.6. The van der Waals surface area contributed by atoms with Crippen LogP contribution in [0.25, 0.3) is 0 Å². The Morgan fingerprint density at radius 1 is 0.943 bits per heavy atom. The summed E-state index contributed by atoms with van der Waals surface area (Å²) in [5.74, 6) is -2.24. The van der Waals surface area contributed by atoms with Gasteiger partial charge in [-0.3, -0.25) is 4.79 Å². The molecule has 5 rings (SSSR count). The predicted molar refractivity (Wildman–Crippen MR) is 128 cm³/mol. The number of carbonyl (C=O) groups is 1. The molecule has 2 N–H and O–H groups in total. The summed E-state index contributed by atoms with van der Waals surface area (Å²) in [5.41, 5.74) is 3.06. The lowest BCUT2D eigenvalue weighted by molar-refractivity contribution is 0.102. The number of ether oxygens (including phenoxy) is 1. The molecule has 8 heteroatoms. The van der Waals surface area contributed by atoms with Crippen molar-refractivity contribution in [3.05, 3.63) is 94.8 Å². The zero-order chi connectivity index (χ0) is 24.4. The summed E-state index contributed by atoms with van der Waals surface area (Å²) in [6.45, 7) is 2.93. The Morgan fingerprint density at radius 2 is 1.77 bits per heavy atom. The lowest BCUT2D eigenvalue weighted by Crippen LogP contribution is -2.36. The maximum atomic E-state index is 14.6. The van der Waals surface area contributed by atoms with Crippen molar-refractivity contribution in [2.75, 3.05) is 36.5 Å². The monoisotopic (exact) mass is 481 g/mol. The summed E-state index contributed by atoms with van der Waals surface area (Å²) >= 11 is 0. The van der Waals surface area contributed by atoms with Crippen LogP contribution >= 0.6 is 0 Å². The second-order valence-corrected chi connectivity index (χ2v) is 8.92. The lowest BCUT2D eigenvalue weighted by Gasteiger charge is -2.29. The second kappa shape index (κ2) is 10.1. The number of anilines is 2. The van der Waals surface area contributed by atoms with Crippen molar-refractivity contribution in [3.8, 4) is 0 Å². The molecule has 1 amide bonds. The van der Waals surface area contributed by atoms with Crippen molar-refractivity contribution < 1.29 is 22.7 Å². The minimum Gasteiger partial charge on any atom is -0.378 e. The molecule has 1 saturated heterocycles. The zero-order valence-corrected chi connectivity index (χ0v) is 19.1. The molecule has 0 unspecified atom stereocenters. The fraction of sp³-hybridized carbons (Fsp3) is 0.296. The van der Waals surface area contributed by atoms with Crippen LogP contribution in [0.1, 0.15) is 33.8 Å². The Balaban J connectivity index is 1.17. The van der Waals surface area contributed by atoms with E-state index in [9.17, 15) is 18.0 Å². The van der Waals surface area contributed by atoms with Gasteiger partial charge in [-0.25, -0.2) is 13.2 Å². The molecular weight excluding hydrogens is 455 g/mol. The molecule has 1 aliphatic carbocycles. The molecule has 2 fully saturated rings. The van der Waals surface area contributed by atoms with Gasteiger partial charge in [0.25, 0.3) is 5.91 Å². The molecule has 35 heavy (non-hydrogen) atoms. The van der Waals surface area contributed by atoms with Crippen LogP contribution in [0.3, 0.4) is 0 Å². The summed E-state index contributed by atoms with van der Waals surface area (Å²) < 4.78 is 46.6. The van der Waals surface area contributed by atoms with Crippen LogP contribution in [0, 0.1) is 17.5 Å². The normalized spacial score (nSPS) is 19.5. The van der Waals surface area contributed by atoms with Crippen molar-refractivity contribution in [1.29, 1.82) is 0 Å². The Hall–Kier alpha value is -3.36. The highest BCUT2D eigenvalue weighted by Gasteiger charge is 2.38. The first-order valence-electron chi connectivity index (χ1n) is 11.7. The average molecular weight is 482 g/mol. The van der Waals surface area contributed by atoms with Crippen LogP contribution in [0.5, 0.6) is 0 Å². The van der Waals surface area contributed by atoms with E-state index in [1.54, 1.807) is 36.4 Å². The highest BCUT2D eigenvalue weighted by Crippen LogP contribution is 2.41. The van der Waals surface area contributed by atoms with Gasteiger partial charge in [0.05, 0.1) is 18.9 Å². The van der Waals surface area contributed by atoms with Crippen molar-refractivity contribution in [1.82, 2.24) is 5.32 Å². The molecular formula is C27H26F3N3O2. The van der Waals surface area contributed by atoms with E-state index in [2.05, 4.69) is 10.6 Å². The number of nitrogens with zero attached hydrogens (tertiary/aromatic N) is 1. The van der Waals surface area contributed by atoms with Crippen molar-refractivity contribution in [3.63, 3.8) is 0 Å². The van der Waals surface area contributed by atoms with E-state index in [4.69, 9.17) is 4.74 Å². The van der Waals surface area contributed by atoms with Crippen LogP contribution in [0.2, 0.25) is 0 Å². The summed E-state index contributed by atoms with van der Waals surface area (Å²) in [5, 5.41) is 6.17. The van der Waals surface area contributed by atoms with E-state index in [1.165, 1.54) is 12.1 Å². The number of hydrogen-bond acceptors (Lipinski definition) is 4. The van der Waals surface area contributed by atoms with Gasteiger partial charge in [-0.15, -0.1) is 0 Å². The molecule has 2 aliphatic rings. The van der Waals surface area contributed by atoms with Gasteiger partial charge in [-0.1, -0.05) is 18.2 Å². The van der Waals surface area contributed by atoms with Crippen molar-refractivity contribution >= 4 is 17.3 Å². The van der Waals surface area contributed by atoms with Crippen LogP contribution in [0.4, 0.5) is 24.5 Å². The quantitative estimate of drug-likeness (QED) is 0.507. The van der Waals surface area contributed by atoms with Crippen LogP contribution < -0.4 is 15.5 Å². The summed E-state index contributed by atoms with van der Waals surface area (Å²) in [7, 11) is 0. The first-order chi connectivity index (χ1) is 17.0. The van der Waals surface area contributed by atoms with Gasteiger partial charge in [-0.2, -0.15) is 0 Å². The number of carbonyl (C=O) groups excluding carboxylic acids is 1. The number of amides is 1. The Kier molecular flexibility index (Phi) is 6.74. The first-order valence-corrected chi connectivity index (χ1v) is 11.7. The van der Waals surface area contributed by atoms with E-state index in [0.717, 1.165) is 23.6 Å². The average Bonchev–Trinajstić information content (AvgIpc) is 3.65. The number of halogens is 3. The van der Waals surface area contributed by atoms with Gasteiger partial charge < -0.3 is 20.3 Å². The number of morpholine rings is 1. The molecule has 182 valence electrons. The molecule has 5 nitrogen and oxygen atoms in total. The van der Waals surface area contributed by atoms with Crippen LogP contribution in [-0.4, -0.2) is 38.3 Å². The molecule has 1 saturated carbocycles. The number of hydrogen-bond donors (Lipinski definition) is 2. The van der Waals surface area contributed by atoms with E-state index in [1.807, 2.05) is 11.0 Å². The lowest BCUT2D eigenvalue weighted by atomic mass is 10.1. The van der Waals surface area contributed by atoms with Crippen LogP contribution in [-0.2, 0) is 11.3 Å². The highest BCUT2D eigenvalue weighted by atomic mass is 19.2. The molecule has 3 aromatic carbocycles. The van der Waals surface area contributed by atoms with E-state index < -0.39 is 11.6 Å². The van der Waals surface area contributed by atoms with Gasteiger partial charge in [0.2, 0.25) is 0 Å². The van der Waals surface area contributed by atoms with E-state index >= 15 is 0 Å². The maximum Gasteiger partial charge on any atom is 0.255 e. The highest BCUT2D eigenvalue weighted by molar-refractivity contribution is 6.04. The SMILES string of the molecule is O=C(Nc1ccc(N2CCOCC2)c(F)c1)c1cccc(CN[C@@H]2C[C@H]2c2ccc(F)c(F)c2)c1. The summed E-state index contributed by atoms with van der Waals surface area (Å²) in [4.78, 5) is 14.7. The molecule has 3 aromatic rings. The van der Waals surface area contributed by atoms with Gasteiger partial charge in [0.15, 0.2) is 11.6 Å². The predicted octanol–water partition coefficient (Wildman–Crippen LogP) is 4.84. The molecule has 0 spiro atoms. The zero-order valence-electron chi connectivity index (χ0n) is 19.1. The van der Waals surface area contributed by atoms with Gasteiger partial charge in [0.1, 0.15) is 5.82 Å². The summed E-state index contributed by atoms with van der Waals surface area (Å²) in [6, 6.07) is 16.1. The third-order valence-corrected chi connectivity index (χ3v) is 6.48. The third-order valence-electron chi connectivity index (χ3n) is 6.48. The standard InChI is InChI=1S/C27H26F3N3O2/c28-22-6-4-18(13-23(22)29)21-15-25(21)31-16-17-2-1-3-19(12-17)27(34)32-20-5-7-26(24(30)14-20)33-8-10-35-11-9-33/h1-7,12-14,21,25,31H,8-11,15-16H2,(H,32,34)/t21-,25+/m0/s1. The Labute approximate surface area is 201 Å². The largest absolute Gasteiger partial charge is 0.378 e. The smallest absolute Gasteiger partial charge is 0.255 e. The minimum absolute atomic E-state index is 0.145. The van der Waals surface area contributed by atoms with Gasteiger partial charge in [0, 0.05) is 42.8 Å². The van der Waals surface area contributed by atoms with Crippen molar-refractivity contribution in [2.45, 2.75) is 24.9 Å². The number of rotatable bonds is 7. The molecule has 1 heterocycles. The molecule has 2 atom stereocenters. The van der Waals surface area contributed by atoms with E-state index in [0.29, 0.717) is 49.8 Å². The Bertz CT molecular complexity index is 1230. The van der Waals surface area contributed by atoms with Crippen LogP contribution in [0.15, 0.2) is 60.7 Å². The molecule has 1 aliphatic heterocycles. The molecule has 0 bridgehead atoms. The molecule has 0 radical (unpaired) electrons. The Morgan fingerprint density at radius 3 is 2.54 bits per heavy atom. The van der Waals surface area contributed by atoms with E-state index in [-0.39, 0.29) is 23.7 Å². The van der Waals surface area contributed by atoms with Gasteiger partial charge in [-0.05, 0) is 60.0 Å². The van der Waals surface area contributed by atoms with Crippen molar-refractivity contribution in [2.24, 2.45) is 0 Å². The number of benzene rings is 3. The first kappa shape index (κ1) is 23.4. The fourth-order valence-corrected chi connectivity index (χ4v) is 4.45.